The highest BCUT2D eigenvalue weighted by atomic mass is 19.1. The number of anilines is 1. The first-order chi connectivity index (χ1) is 10.3. The molecule has 6 heteroatoms. The van der Waals surface area contributed by atoms with E-state index >= 15 is 0 Å². The Morgan fingerprint density at radius 1 is 1.14 bits per heavy atom. The lowest BCUT2D eigenvalue weighted by molar-refractivity contribution is 0.120. The molecule has 0 fully saturated rings. The van der Waals surface area contributed by atoms with E-state index in [1.54, 1.807) is 7.11 Å². The van der Waals surface area contributed by atoms with Crippen molar-refractivity contribution in [2.24, 2.45) is 0 Å². The van der Waals surface area contributed by atoms with E-state index in [4.69, 9.17) is 9.47 Å². The van der Waals surface area contributed by atoms with Crippen LogP contribution in [-0.4, -0.2) is 30.2 Å². The minimum absolute atomic E-state index is 0.423. The van der Waals surface area contributed by atoms with E-state index in [1.165, 1.54) is 0 Å². The van der Waals surface area contributed by atoms with Gasteiger partial charge in [0.15, 0.2) is 5.82 Å². The Morgan fingerprint density at radius 3 is 2.52 bits per heavy atom. The average molecular weight is 291 g/mol. The molecule has 0 saturated heterocycles. The molecule has 5 nitrogen and oxygen atoms in total. The average Bonchev–Trinajstić information content (AvgIpc) is 2.53. The molecule has 0 atom stereocenters. The highest BCUT2D eigenvalue weighted by Gasteiger charge is 1.97. The number of rotatable bonds is 8. The van der Waals surface area contributed by atoms with Crippen molar-refractivity contribution in [1.82, 2.24) is 9.97 Å². The minimum Gasteiger partial charge on any atom is -0.497 e. The van der Waals surface area contributed by atoms with Crippen LogP contribution in [0.1, 0.15) is 12.0 Å². The maximum atomic E-state index is 12.6. The number of nitrogens with zero attached hydrogens (tertiary/aromatic N) is 2. The molecule has 1 aromatic heterocycles. The minimum atomic E-state index is -0.441. The van der Waals surface area contributed by atoms with Crippen LogP contribution >= 0.6 is 0 Å². The largest absolute Gasteiger partial charge is 0.497 e. The molecule has 2 aromatic rings. The third-order valence-corrected chi connectivity index (χ3v) is 2.80. The van der Waals surface area contributed by atoms with Crippen molar-refractivity contribution < 1.29 is 13.9 Å². The summed E-state index contributed by atoms with van der Waals surface area (Å²) in [4.78, 5) is 7.62. The first kappa shape index (κ1) is 15.2. The second-order valence-electron chi connectivity index (χ2n) is 4.41. The fraction of sp³-hybridized carbons (Fsp3) is 0.333. The Bertz CT molecular complexity index is 532. The van der Waals surface area contributed by atoms with Gasteiger partial charge in [-0.1, -0.05) is 12.1 Å². The zero-order chi connectivity index (χ0) is 14.9. The summed E-state index contributed by atoms with van der Waals surface area (Å²) in [5.74, 6) is 0.817. The van der Waals surface area contributed by atoms with Gasteiger partial charge in [-0.15, -0.1) is 0 Å². The third kappa shape index (κ3) is 5.35. The summed E-state index contributed by atoms with van der Waals surface area (Å²) < 4.78 is 23.3. The van der Waals surface area contributed by atoms with Crippen LogP contribution in [0, 0.1) is 5.82 Å². The Morgan fingerprint density at radius 2 is 1.86 bits per heavy atom. The quantitative estimate of drug-likeness (QED) is 0.758. The number of aromatic nitrogens is 2. The fourth-order valence-electron chi connectivity index (χ4n) is 1.69. The molecule has 0 aliphatic carbocycles. The second kappa shape index (κ2) is 8.16. The lowest BCUT2D eigenvalue weighted by Crippen LogP contribution is -2.08. The lowest BCUT2D eigenvalue weighted by Gasteiger charge is -2.06. The van der Waals surface area contributed by atoms with Crippen LogP contribution < -0.4 is 10.1 Å². The van der Waals surface area contributed by atoms with Crippen LogP contribution in [0.4, 0.5) is 10.3 Å². The number of methoxy groups -OCH3 is 1. The van der Waals surface area contributed by atoms with Gasteiger partial charge in [-0.2, -0.15) is 0 Å². The van der Waals surface area contributed by atoms with E-state index in [0.29, 0.717) is 25.7 Å². The Labute approximate surface area is 123 Å². The van der Waals surface area contributed by atoms with Crippen molar-refractivity contribution >= 4 is 5.95 Å². The molecule has 1 heterocycles. The number of hydrogen-bond acceptors (Lipinski definition) is 5. The highest BCUT2D eigenvalue weighted by molar-refractivity contribution is 5.26. The van der Waals surface area contributed by atoms with E-state index in [-0.39, 0.29) is 0 Å². The van der Waals surface area contributed by atoms with Gasteiger partial charge in [-0.25, -0.2) is 14.4 Å². The van der Waals surface area contributed by atoms with Crippen LogP contribution in [0.15, 0.2) is 36.7 Å². The van der Waals surface area contributed by atoms with Gasteiger partial charge in [0.1, 0.15) is 5.75 Å². The Hall–Kier alpha value is -2.21. The summed E-state index contributed by atoms with van der Waals surface area (Å²) >= 11 is 0. The molecule has 0 aliphatic rings. The highest BCUT2D eigenvalue weighted by Crippen LogP contribution is 2.11. The van der Waals surface area contributed by atoms with E-state index in [1.807, 2.05) is 24.3 Å². The van der Waals surface area contributed by atoms with Crippen molar-refractivity contribution in [2.45, 2.75) is 13.0 Å². The molecular weight excluding hydrogens is 273 g/mol. The number of halogens is 1. The standard InChI is InChI=1S/C15H18FN3O2/c1-20-14-5-3-12(4-6-14)11-21-8-2-7-17-15-18-9-13(16)10-19-15/h3-6,9-10H,2,7-8,11H2,1H3,(H,17,18,19). The normalized spacial score (nSPS) is 10.4. The summed E-state index contributed by atoms with van der Waals surface area (Å²) in [6.07, 6.45) is 3.09. The number of hydrogen-bond donors (Lipinski definition) is 1. The SMILES string of the molecule is COc1ccc(COCCCNc2ncc(F)cn2)cc1. The summed E-state index contributed by atoms with van der Waals surface area (Å²) in [7, 11) is 1.64. The molecule has 0 radical (unpaired) electrons. The third-order valence-electron chi connectivity index (χ3n) is 2.80. The zero-order valence-electron chi connectivity index (χ0n) is 11.9. The second-order valence-corrected chi connectivity index (χ2v) is 4.41. The Balaban J connectivity index is 1.58. The van der Waals surface area contributed by atoms with Crippen LogP contribution in [0.25, 0.3) is 0 Å². The van der Waals surface area contributed by atoms with E-state index < -0.39 is 5.82 Å². The maximum Gasteiger partial charge on any atom is 0.222 e. The van der Waals surface area contributed by atoms with Gasteiger partial charge < -0.3 is 14.8 Å². The van der Waals surface area contributed by atoms with Crippen LogP contribution in [-0.2, 0) is 11.3 Å². The molecule has 0 bridgehead atoms. The van der Waals surface area contributed by atoms with Crippen molar-refractivity contribution in [3.05, 3.63) is 48.0 Å². The van der Waals surface area contributed by atoms with Crippen molar-refractivity contribution in [3.8, 4) is 5.75 Å². The predicted octanol–water partition coefficient (Wildman–Crippen LogP) is 2.64. The molecule has 2 rings (SSSR count). The van der Waals surface area contributed by atoms with Crippen molar-refractivity contribution in [2.75, 3.05) is 25.6 Å². The molecule has 0 spiro atoms. The first-order valence-electron chi connectivity index (χ1n) is 6.70. The number of ether oxygens (including phenoxy) is 2. The zero-order valence-corrected chi connectivity index (χ0v) is 11.9. The number of benzene rings is 1. The Kier molecular flexibility index (Phi) is 5.90. The van der Waals surface area contributed by atoms with Gasteiger partial charge in [0.2, 0.25) is 5.95 Å². The molecule has 21 heavy (non-hydrogen) atoms. The maximum absolute atomic E-state index is 12.6. The summed E-state index contributed by atoms with van der Waals surface area (Å²) in [6.45, 7) is 1.87. The molecule has 1 aromatic carbocycles. The van der Waals surface area contributed by atoms with Crippen LogP contribution in [0.2, 0.25) is 0 Å². The molecule has 112 valence electrons. The van der Waals surface area contributed by atoms with Gasteiger partial charge in [0, 0.05) is 13.2 Å². The van der Waals surface area contributed by atoms with Crippen LogP contribution in [0.5, 0.6) is 5.75 Å². The van der Waals surface area contributed by atoms with Crippen molar-refractivity contribution in [1.29, 1.82) is 0 Å². The van der Waals surface area contributed by atoms with E-state index in [9.17, 15) is 4.39 Å². The molecule has 0 unspecified atom stereocenters. The monoisotopic (exact) mass is 291 g/mol. The fourth-order valence-corrected chi connectivity index (χ4v) is 1.69. The first-order valence-corrected chi connectivity index (χ1v) is 6.70. The van der Waals surface area contributed by atoms with Crippen molar-refractivity contribution in [3.63, 3.8) is 0 Å². The number of nitrogens with one attached hydrogen (secondary N) is 1. The van der Waals surface area contributed by atoms with Crippen LogP contribution in [0.3, 0.4) is 0 Å². The van der Waals surface area contributed by atoms with Gasteiger partial charge in [-0.05, 0) is 24.1 Å². The molecule has 0 saturated carbocycles. The van der Waals surface area contributed by atoms with Gasteiger partial charge >= 0.3 is 0 Å². The van der Waals surface area contributed by atoms with Gasteiger partial charge in [0.05, 0.1) is 26.1 Å². The van der Waals surface area contributed by atoms with Gasteiger partial charge in [-0.3, -0.25) is 0 Å². The molecule has 0 aliphatic heterocycles. The summed E-state index contributed by atoms with van der Waals surface area (Å²) in [5, 5.41) is 3.00. The summed E-state index contributed by atoms with van der Waals surface area (Å²) in [6, 6.07) is 7.77. The van der Waals surface area contributed by atoms with E-state index in [0.717, 1.165) is 30.1 Å². The smallest absolute Gasteiger partial charge is 0.222 e. The summed E-state index contributed by atoms with van der Waals surface area (Å²) in [5.41, 5.74) is 1.10. The van der Waals surface area contributed by atoms with E-state index in [2.05, 4.69) is 15.3 Å². The lowest BCUT2D eigenvalue weighted by atomic mass is 10.2. The van der Waals surface area contributed by atoms with Gasteiger partial charge in [0.25, 0.3) is 0 Å². The molecular formula is C15H18FN3O2. The predicted molar refractivity (Wildman–Crippen MR) is 77.7 cm³/mol. The molecule has 0 amide bonds. The molecule has 1 N–H and O–H groups in total. The topological polar surface area (TPSA) is 56.3 Å².